The number of halogens is 1. The molecule has 0 saturated heterocycles. The zero-order valence-electron chi connectivity index (χ0n) is 8.22. The molecule has 3 heteroatoms. The first-order valence-corrected chi connectivity index (χ1v) is 4.37. The number of allylic oxidation sites excluding steroid dienone is 3. The molecule has 0 unspecified atom stereocenters. The third kappa shape index (κ3) is 7.53. The Hall–Kier alpha value is -0.830. The van der Waals surface area contributed by atoms with Crippen LogP contribution in [-0.4, -0.2) is 18.3 Å². The highest BCUT2D eigenvalue weighted by Crippen LogP contribution is 2.11. The lowest BCUT2D eigenvalue weighted by Gasteiger charge is -1.97. The molecule has 0 fully saturated rings. The first-order chi connectivity index (χ1) is 6.18. The van der Waals surface area contributed by atoms with Crippen molar-refractivity contribution in [1.82, 2.24) is 0 Å². The van der Waals surface area contributed by atoms with Crippen LogP contribution >= 0.6 is 0 Å². The summed E-state index contributed by atoms with van der Waals surface area (Å²) in [6.07, 6.45) is 4.29. The Balaban J connectivity index is 3.45. The van der Waals surface area contributed by atoms with Crippen molar-refractivity contribution in [3.05, 3.63) is 23.7 Å². The molecule has 76 valence electrons. The smallest absolute Gasteiger partial charge is 0.110 e. The van der Waals surface area contributed by atoms with E-state index in [0.717, 1.165) is 5.57 Å². The number of hydrogen-bond acceptors (Lipinski definition) is 2. The maximum atomic E-state index is 12.9. The van der Waals surface area contributed by atoms with Crippen LogP contribution in [0.1, 0.15) is 26.7 Å². The molecule has 13 heavy (non-hydrogen) atoms. The van der Waals surface area contributed by atoms with Crippen LogP contribution in [0.3, 0.4) is 0 Å². The van der Waals surface area contributed by atoms with E-state index >= 15 is 0 Å². The minimum atomic E-state index is -0.0631. The molecule has 0 aliphatic rings. The van der Waals surface area contributed by atoms with Crippen LogP contribution in [0.25, 0.3) is 0 Å². The van der Waals surface area contributed by atoms with Crippen LogP contribution < -0.4 is 0 Å². The van der Waals surface area contributed by atoms with Gasteiger partial charge in [-0.2, -0.15) is 0 Å². The van der Waals surface area contributed by atoms with Crippen molar-refractivity contribution in [2.75, 3.05) is 13.2 Å². The summed E-state index contributed by atoms with van der Waals surface area (Å²) < 4.78 is 17.7. The summed E-state index contributed by atoms with van der Waals surface area (Å²) in [5, 5.41) is 8.36. The number of aliphatic hydroxyl groups excluding tert-OH is 1. The fourth-order valence-electron chi connectivity index (χ4n) is 0.717. The molecule has 0 aliphatic heterocycles. The van der Waals surface area contributed by atoms with Gasteiger partial charge in [0.25, 0.3) is 0 Å². The molecule has 0 radical (unpaired) electrons. The molecule has 0 saturated carbocycles. The first kappa shape index (κ1) is 12.2. The largest absolute Gasteiger partial charge is 0.499 e. The zero-order valence-corrected chi connectivity index (χ0v) is 8.22. The Morgan fingerprint density at radius 1 is 1.46 bits per heavy atom. The van der Waals surface area contributed by atoms with Crippen molar-refractivity contribution in [2.24, 2.45) is 0 Å². The normalized spacial score (nSPS) is 10.5. The zero-order chi connectivity index (χ0) is 10.1. The molecule has 0 spiro atoms. The molecule has 0 rings (SSSR count). The average molecular weight is 188 g/mol. The van der Waals surface area contributed by atoms with Crippen LogP contribution in [0, 0.1) is 0 Å². The van der Waals surface area contributed by atoms with Crippen molar-refractivity contribution in [3.8, 4) is 0 Å². The Morgan fingerprint density at radius 2 is 2.15 bits per heavy atom. The number of rotatable bonds is 6. The van der Waals surface area contributed by atoms with Gasteiger partial charge in [0.1, 0.15) is 6.61 Å². The van der Waals surface area contributed by atoms with Gasteiger partial charge in [-0.1, -0.05) is 0 Å². The second-order valence-electron chi connectivity index (χ2n) is 2.91. The molecule has 0 aromatic carbocycles. The Kier molecular flexibility index (Phi) is 7.30. The van der Waals surface area contributed by atoms with E-state index in [4.69, 9.17) is 9.84 Å². The van der Waals surface area contributed by atoms with Gasteiger partial charge in [0.15, 0.2) is 0 Å². The summed E-state index contributed by atoms with van der Waals surface area (Å²) in [7, 11) is 0. The van der Waals surface area contributed by atoms with Gasteiger partial charge in [0.05, 0.1) is 18.7 Å². The standard InChI is InChI=1S/C10H17FO2/c1-9(2)10(11)5-3-4-7-13-8-6-12/h4,7,12H,3,5-6,8H2,1-2H3/b7-4+. The Labute approximate surface area is 78.7 Å². The molecule has 0 aromatic rings. The fraction of sp³-hybridized carbons (Fsp3) is 0.600. The van der Waals surface area contributed by atoms with Gasteiger partial charge >= 0.3 is 0 Å². The van der Waals surface area contributed by atoms with E-state index in [2.05, 4.69) is 0 Å². The second-order valence-corrected chi connectivity index (χ2v) is 2.91. The van der Waals surface area contributed by atoms with Crippen LogP contribution in [-0.2, 0) is 4.74 Å². The summed E-state index contributed by atoms with van der Waals surface area (Å²) >= 11 is 0. The van der Waals surface area contributed by atoms with E-state index in [0.29, 0.717) is 19.4 Å². The average Bonchev–Trinajstić information content (AvgIpc) is 2.10. The van der Waals surface area contributed by atoms with Gasteiger partial charge < -0.3 is 9.84 Å². The predicted molar refractivity (Wildman–Crippen MR) is 50.9 cm³/mol. The molecule has 0 aromatic heterocycles. The van der Waals surface area contributed by atoms with E-state index < -0.39 is 0 Å². The third-order valence-electron chi connectivity index (χ3n) is 1.47. The van der Waals surface area contributed by atoms with Crippen molar-refractivity contribution in [2.45, 2.75) is 26.7 Å². The topological polar surface area (TPSA) is 29.5 Å². The number of aliphatic hydroxyl groups is 1. The molecule has 0 atom stereocenters. The van der Waals surface area contributed by atoms with E-state index in [1.54, 1.807) is 19.9 Å². The molecule has 0 bridgehead atoms. The first-order valence-electron chi connectivity index (χ1n) is 4.37. The van der Waals surface area contributed by atoms with Crippen LogP contribution in [0.2, 0.25) is 0 Å². The number of ether oxygens (including phenoxy) is 1. The van der Waals surface area contributed by atoms with Gasteiger partial charge in [0, 0.05) is 6.42 Å². The van der Waals surface area contributed by atoms with Gasteiger partial charge in [-0.3, -0.25) is 0 Å². The van der Waals surface area contributed by atoms with Crippen molar-refractivity contribution in [3.63, 3.8) is 0 Å². The fourth-order valence-corrected chi connectivity index (χ4v) is 0.717. The second kappa shape index (κ2) is 7.80. The SMILES string of the molecule is CC(C)=C(F)CC/C=C/OCCO. The van der Waals surface area contributed by atoms with E-state index in [1.165, 1.54) is 6.26 Å². The highest BCUT2D eigenvalue weighted by atomic mass is 19.1. The lowest BCUT2D eigenvalue weighted by Crippen LogP contribution is -1.91. The summed E-state index contributed by atoms with van der Waals surface area (Å²) in [4.78, 5) is 0. The van der Waals surface area contributed by atoms with Crippen LogP contribution in [0.4, 0.5) is 4.39 Å². The van der Waals surface area contributed by atoms with Crippen LogP contribution in [0.15, 0.2) is 23.7 Å². The van der Waals surface area contributed by atoms with Crippen molar-refractivity contribution in [1.29, 1.82) is 0 Å². The van der Waals surface area contributed by atoms with Gasteiger partial charge in [-0.25, -0.2) is 4.39 Å². The quantitative estimate of drug-likeness (QED) is 0.512. The monoisotopic (exact) mass is 188 g/mol. The van der Waals surface area contributed by atoms with E-state index in [1.807, 2.05) is 0 Å². The van der Waals surface area contributed by atoms with Crippen molar-refractivity contribution < 1.29 is 14.2 Å². The Morgan fingerprint density at radius 3 is 2.69 bits per heavy atom. The maximum absolute atomic E-state index is 12.9. The summed E-state index contributed by atoms with van der Waals surface area (Å²) in [6, 6.07) is 0. The molecule has 0 aliphatic carbocycles. The minimum Gasteiger partial charge on any atom is -0.499 e. The van der Waals surface area contributed by atoms with E-state index in [-0.39, 0.29) is 12.4 Å². The Bertz CT molecular complexity index is 181. The maximum Gasteiger partial charge on any atom is 0.110 e. The number of hydrogen-bond donors (Lipinski definition) is 1. The summed E-state index contributed by atoms with van der Waals surface area (Å²) in [5.41, 5.74) is 0.727. The third-order valence-corrected chi connectivity index (χ3v) is 1.47. The van der Waals surface area contributed by atoms with Gasteiger partial charge in [0.2, 0.25) is 0 Å². The molecule has 2 nitrogen and oxygen atoms in total. The predicted octanol–water partition coefficient (Wildman–Crippen LogP) is 2.55. The molecular formula is C10H17FO2. The lowest BCUT2D eigenvalue weighted by molar-refractivity contribution is 0.165. The van der Waals surface area contributed by atoms with Gasteiger partial charge in [-0.15, -0.1) is 0 Å². The van der Waals surface area contributed by atoms with E-state index in [9.17, 15) is 4.39 Å². The highest BCUT2D eigenvalue weighted by molar-refractivity contribution is 5.02. The molecule has 0 amide bonds. The molecular weight excluding hydrogens is 171 g/mol. The lowest BCUT2D eigenvalue weighted by atomic mass is 10.2. The summed E-state index contributed by atoms with van der Waals surface area (Å²) in [6.45, 7) is 3.80. The van der Waals surface area contributed by atoms with Gasteiger partial charge in [-0.05, 0) is 31.9 Å². The van der Waals surface area contributed by atoms with Crippen LogP contribution in [0.5, 0.6) is 0 Å². The molecule has 0 heterocycles. The van der Waals surface area contributed by atoms with Crippen molar-refractivity contribution >= 4 is 0 Å². The molecule has 1 N–H and O–H groups in total. The summed E-state index contributed by atoms with van der Waals surface area (Å²) in [5.74, 6) is -0.0631. The minimum absolute atomic E-state index is 0.00662. The highest BCUT2D eigenvalue weighted by Gasteiger charge is 1.94.